The van der Waals surface area contributed by atoms with Gasteiger partial charge in [-0.1, -0.05) is 60.1 Å². The van der Waals surface area contributed by atoms with Crippen LogP contribution in [0.5, 0.6) is 0 Å². The predicted octanol–water partition coefficient (Wildman–Crippen LogP) is 3.96. The Morgan fingerprint density at radius 2 is 1.87 bits per heavy atom. The van der Waals surface area contributed by atoms with Crippen LogP contribution in [0, 0.1) is 0 Å². The Bertz CT molecular complexity index is 984. The number of carbonyl (C=O) groups excluding carboxylic acids is 3. The number of aliphatic hydroxyl groups is 1. The van der Waals surface area contributed by atoms with Crippen molar-refractivity contribution in [3.8, 4) is 0 Å². The van der Waals surface area contributed by atoms with Gasteiger partial charge in [0.05, 0.1) is 16.8 Å². The summed E-state index contributed by atoms with van der Waals surface area (Å²) in [5.41, 5.74) is 1.47. The van der Waals surface area contributed by atoms with E-state index in [9.17, 15) is 19.5 Å². The molecule has 1 saturated heterocycles. The molecule has 0 saturated carbocycles. The molecule has 1 heterocycles. The quantitative estimate of drug-likeness (QED) is 0.533. The van der Waals surface area contributed by atoms with E-state index in [1.165, 1.54) is 11.8 Å². The van der Waals surface area contributed by atoms with Gasteiger partial charge >= 0.3 is 0 Å². The first kappa shape index (κ1) is 23.4. The molecular formula is C22H21ClN2O4S2. The van der Waals surface area contributed by atoms with E-state index < -0.39 is 12.0 Å². The summed E-state index contributed by atoms with van der Waals surface area (Å²) in [6.45, 7) is 0.256. The maximum absolute atomic E-state index is 12.5. The molecule has 0 aliphatic carbocycles. The van der Waals surface area contributed by atoms with E-state index in [2.05, 4.69) is 5.32 Å². The van der Waals surface area contributed by atoms with E-state index in [-0.39, 0.29) is 30.0 Å². The topological polar surface area (TPSA) is 86.7 Å². The fourth-order valence-electron chi connectivity index (χ4n) is 2.82. The van der Waals surface area contributed by atoms with Crippen LogP contribution in [0.4, 0.5) is 4.79 Å². The Balaban J connectivity index is 1.42. The Hall–Kier alpha value is -2.26. The SMILES string of the molecule is O=C(CSCC(O)c1ccccc1)NCCN1C(=O)S/C(=C/c2ccccc2Cl)C1=O. The molecule has 0 radical (unpaired) electrons. The molecule has 6 nitrogen and oxygen atoms in total. The Morgan fingerprint density at radius 1 is 1.16 bits per heavy atom. The molecule has 31 heavy (non-hydrogen) atoms. The van der Waals surface area contributed by atoms with Gasteiger partial charge in [0.1, 0.15) is 0 Å². The van der Waals surface area contributed by atoms with Crippen molar-refractivity contribution in [2.24, 2.45) is 0 Å². The van der Waals surface area contributed by atoms with E-state index in [1.807, 2.05) is 30.3 Å². The van der Waals surface area contributed by atoms with E-state index >= 15 is 0 Å². The van der Waals surface area contributed by atoms with Crippen LogP contribution in [0.3, 0.4) is 0 Å². The Morgan fingerprint density at radius 3 is 2.61 bits per heavy atom. The van der Waals surface area contributed by atoms with Gasteiger partial charge in [0, 0.05) is 23.9 Å². The average Bonchev–Trinajstić information content (AvgIpc) is 3.03. The highest BCUT2D eigenvalue weighted by Crippen LogP contribution is 2.33. The van der Waals surface area contributed by atoms with Crippen molar-refractivity contribution >= 4 is 58.3 Å². The Labute approximate surface area is 194 Å². The smallest absolute Gasteiger partial charge is 0.293 e. The number of carbonyl (C=O) groups is 3. The third-order valence-corrected chi connectivity index (χ3v) is 6.69. The number of nitrogens with zero attached hydrogens (tertiary/aromatic N) is 1. The van der Waals surface area contributed by atoms with Crippen molar-refractivity contribution in [2.75, 3.05) is 24.6 Å². The van der Waals surface area contributed by atoms with Crippen LogP contribution in [-0.2, 0) is 9.59 Å². The maximum atomic E-state index is 12.5. The van der Waals surface area contributed by atoms with Gasteiger partial charge in [0.2, 0.25) is 5.91 Å². The normalized spacial score (nSPS) is 16.1. The number of hydrogen-bond acceptors (Lipinski definition) is 6. The first-order valence-corrected chi connectivity index (χ1v) is 11.9. The summed E-state index contributed by atoms with van der Waals surface area (Å²) < 4.78 is 0. The zero-order valence-corrected chi connectivity index (χ0v) is 18.9. The van der Waals surface area contributed by atoms with Gasteiger partial charge in [0.15, 0.2) is 0 Å². The van der Waals surface area contributed by atoms with Crippen LogP contribution in [0.2, 0.25) is 5.02 Å². The van der Waals surface area contributed by atoms with Gasteiger partial charge in [-0.15, -0.1) is 11.8 Å². The maximum Gasteiger partial charge on any atom is 0.293 e. The number of amides is 3. The minimum Gasteiger partial charge on any atom is -0.388 e. The molecule has 0 spiro atoms. The fraction of sp³-hybridized carbons (Fsp3) is 0.227. The second kappa shape index (κ2) is 11.4. The summed E-state index contributed by atoms with van der Waals surface area (Å²) in [6.07, 6.45) is 0.958. The van der Waals surface area contributed by atoms with Crippen molar-refractivity contribution in [3.05, 3.63) is 75.7 Å². The molecule has 2 aromatic carbocycles. The second-order valence-electron chi connectivity index (χ2n) is 6.65. The molecule has 1 fully saturated rings. The minimum absolute atomic E-state index is 0.0908. The Kier molecular flexibility index (Phi) is 8.60. The van der Waals surface area contributed by atoms with E-state index in [1.54, 1.807) is 30.3 Å². The van der Waals surface area contributed by atoms with Crippen molar-refractivity contribution in [2.45, 2.75) is 6.10 Å². The van der Waals surface area contributed by atoms with Crippen LogP contribution < -0.4 is 5.32 Å². The van der Waals surface area contributed by atoms with Gasteiger partial charge in [-0.05, 0) is 35.0 Å². The van der Waals surface area contributed by atoms with Gasteiger partial charge in [-0.25, -0.2) is 0 Å². The lowest BCUT2D eigenvalue weighted by molar-refractivity contribution is -0.123. The van der Waals surface area contributed by atoms with Crippen molar-refractivity contribution in [3.63, 3.8) is 0 Å². The third kappa shape index (κ3) is 6.61. The molecule has 3 amide bonds. The number of halogens is 1. The van der Waals surface area contributed by atoms with Crippen LogP contribution in [0.1, 0.15) is 17.2 Å². The summed E-state index contributed by atoms with van der Waals surface area (Å²) >= 11 is 8.28. The highest BCUT2D eigenvalue weighted by Gasteiger charge is 2.34. The van der Waals surface area contributed by atoms with Gasteiger partial charge in [0.25, 0.3) is 11.1 Å². The number of rotatable bonds is 9. The van der Waals surface area contributed by atoms with Crippen molar-refractivity contribution < 1.29 is 19.5 Å². The average molecular weight is 477 g/mol. The largest absolute Gasteiger partial charge is 0.388 e. The highest BCUT2D eigenvalue weighted by atomic mass is 35.5. The zero-order chi connectivity index (χ0) is 22.2. The molecule has 2 N–H and O–H groups in total. The number of imide groups is 1. The molecule has 0 aromatic heterocycles. The lowest BCUT2D eigenvalue weighted by atomic mass is 10.1. The molecule has 2 aromatic rings. The molecule has 3 rings (SSSR count). The third-order valence-electron chi connectivity index (χ3n) is 4.42. The van der Waals surface area contributed by atoms with E-state index in [4.69, 9.17) is 11.6 Å². The molecule has 1 aliphatic heterocycles. The monoisotopic (exact) mass is 476 g/mol. The van der Waals surface area contributed by atoms with Gasteiger partial charge in [-0.2, -0.15) is 0 Å². The molecule has 1 aliphatic rings. The number of thioether (sulfide) groups is 2. The summed E-state index contributed by atoms with van der Waals surface area (Å²) in [5.74, 6) is -0.0423. The lowest BCUT2D eigenvalue weighted by Crippen LogP contribution is -2.37. The fourth-order valence-corrected chi connectivity index (χ4v) is 4.69. The molecule has 9 heteroatoms. The summed E-state index contributed by atoms with van der Waals surface area (Å²) in [7, 11) is 0. The van der Waals surface area contributed by atoms with E-state index in [0.29, 0.717) is 21.2 Å². The van der Waals surface area contributed by atoms with Gasteiger partial charge in [-0.3, -0.25) is 19.3 Å². The summed E-state index contributed by atoms with van der Waals surface area (Å²) in [4.78, 5) is 38.1. The van der Waals surface area contributed by atoms with Gasteiger partial charge < -0.3 is 10.4 Å². The molecule has 162 valence electrons. The first-order valence-electron chi connectivity index (χ1n) is 9.53. The highest BCUT2D eigenvalue weighted by molar-refractivity contribution is 8.18. The van der Waals surface area contributed by atoms with E-state index in [0.717, 1.165) is 22.2 Å². The lowest BCUT2D eigenvalue weighted by Gasteiger charge is -2.13. The second-order valence-corrected chi connectivity index (χ2v) is 9.08. The summed E-state index contributed by atoms with van der Waals surface area (Å²) in [6, 6.07) is 16.3. The summed E-state index contributed by atoms with van der Waals surface area (Å²) in [5, 5.41) is 12.9. The number of hydrogen-bond donors (Lipinski definition) is 2. The molecule has 1 atom stereocenters. The van der Waals surface area contributed by atoms with Crippen LogP contribution in [0.15, 0.2) is 59.5 Å². The van der Waals surface area contributed by atoms with Crippen LogP contribution in [-0.4, -0.2) is 51.7 Å². The number of nitrogens with one attached hydrogen (secondary N) is 1. The van der Waals surface area contributed by atoms with Crippen molar-refractivity contribution in [1.82, 2.24) is 10.2 Å². The predicted molar refractivity (Wildman–Crippen MR) is 126 cm³/mol. The number of benzene rings is 2. The molecule has 0 bridgehead atoms. The zero-order valence-electron chi connectivity index (χ0n) is 16.5. The van der Waals surface area contributed by atoms with Crippen molar-refractivity contribution in [1.29, 1.82) is 0 Å². The molecule has 1 unspecified atom stereocenters. The minimum atomic E-state index is -0.640. The molecular weight excluding hydrogens is 456 g/mol. The standard InChI is InChI=1S/C22H21ClN2O4S2/c23-17-9-5-4-8-16(17)12-19-21(28)25(22(29)31-19)11-10-24-20(27)14-30-13-18(26)15-6-2-1-3-7-15/h1-9,12,18,26H,10-11,13-14H2,(H,24,27)/b19-12+. The number of aliphatic hydroxyl groups excluding tert-OH is 1. The van der Waals surface area contributed by atoms with Crippen LogP contribution in [0.25, 0.3) is 6.08 Å². The van der Waals surface area contributed by atoms with Crippen LogP contribution >= 0.6 is 35.1 Å². The first-order chi connectivity index (χ1) is 15.0.